The molecule has 0 heterocycles. The van der Waals surface area contributed by atoms with Crippen molar-refractivity contribution in [2.24, 2.45) is 0 Å². The van der Waals surface area contributed by atoms with Gasteiger partial charge in [-0.1, -0.05) is 0 Å². The molecule has 0 aliphatic rings. The zero-order valence-corrected chi connectivity index (χ0v) is 13.0. The third kappa shape index (κ3) is 3.94. The van der Waals surface area contributed by atoms with Gasteiger partial charge in [0.25, 0.3) is 0 Å². The Hall–Kier alpha value is -1.61. The highest BCUT2D eigenvalue weighted by molar-refractivity contribution is 9.10. The Bertz CT molecular complexity index is 643. The van der Waals surface area contributed by atoms with Gasteiger partial charge in [-0.05, 0) is 34.1 Å². The SMILES string of the molecule is N#CCCN(CCC#N)S(=O)(=O)c1ccc(N)c(Br)c1. The van der Waals surface area contributed by atoms with Crippen LogP contribution >= 0.6 is 15.9 Å². The number of benzene rings is 1. The summed E-state index contributed by atoms with van der Waals surface area (Å²) >= 11 is 3.18. The van der Waals surface area contributed by atoms with E-state index >= 15 is 0 Å². The Morgan fingerprint density at radius 3 is 2.20 bits per heavy atom. The lowest BCUT2D eigenvalue weighted by atomic mass is 10.3. The smallest absolute Gasteiger partial charge is 0.243 e. The third-order valence-corrected chi connectivity index (χ3v) is 5.14. The average Bonchev–Trinajstić information content (AvgIpc) is 2.41. The van der Waals surface area contributed by atoms with E-state index in [2.05, 4.69) is 15.9 Å². The predicted molar refractivity (Wildman–Crippen MR) is 77.8 cm³/mol. The molecule has 0 amide bonds. The van der Waals surface area contributed by atoms with Crippen LogP contribution in [-0.2, 0) is 10.0 Å². The molecule has 0 bridgehead atoms. The minimum atomic E-state index is -3.74. The van der Waals surface area contributed by atoms with Crippen molar-refractivity contribution in [1.29, 1.82) is 10.5 Å². The summed E-state index contributed by atoms with van der Waals surface area (Å²) in [7, 11) is -3.74. The van der Waals surface area contributed by atoms with E-state index in [-0.39, 0.29) is 30.8 Å². The van der Waals surface area contributed by atoms with Gasteiger partial charge in [0.2, 0.25) is 10.0 Å². The number of nitrogens with zero attached hydrogens (tertiary/aromatic N) is 3. The fourth-order valence-corrected chi connectivity index (χ4v) is 3.52. The molecule has 1 aromatic rings. The molecule has 0 saturated heterocycles. The van der Waals surface area contributed by atoms with Gasteiger partial charge < -0.3 is 5.73 Å². The minimum absolute atomic E-state index is 0.0580. The van der Waals surface area contributed by atoms with Gasteiger partial charge in [0, 0.05) is 36.1 Å². The number of hydrogen-bond donors (Lipinski definition) is 1. The van der Waals surface area contributed by atoms with Gasteiger partial charge in [-0.2, -0.15) is 14.8 Å². The molecule has 2 N–H and O–H groups in total. The molecule has 0 spiro atoms. The van der Waals surface area contributed by atoms with E-state index in [1.807, 2.05) is 12.1 Å². The number of anilines is 1. The summed E-state index contributed by atoms with van der Waals surface area (Å²) in [5.74, 6) is 0. The van der Waals surface area contributed by atoms with E-state index < -0.39 is 10.0 Å². The molecule has 20 heavy (non-hydrogen) atoms. The Morgan fingerprint density at radius 1 is 1.20 bits per heavy atom. The summed E-state index contributed by atoms with van der Waals surface area (Å²) in [5.41, 5.74) is 6.06. The Balaban J connectivity index is 3.11. The van der Waals surface area contributed by atoms with Crippen LogP contribution in [0.5, 0.6) is 0 Å². The van der Waals surface area contributed by atoms with E-state index in [9.17, 15) is 8.42 Å². The number of nitriles is 2. The lowest BCUT2D eigenvalue weighted by molar-refractivity contribution is 0.425. The maximum atomic E-state index is 12.5. The molecule has 8 heteroatoms. The molecule has 0 atom stereocenters. The summed E-state index contributed by atoms with van der Waals surface area (Å²) in [6.45, 7) is 0.116. The normalized spacial score (nSPS) is 11.0. The Kier molecular flexibility index (Phi) is 5.96. The fourth-order valence-electron chi connectivity index (χ4n) is 1.52. The molecule has 1 aromatic carbocycles. The highest BCUT2D eigenvalue weighted by atomic mass is 79.9. The van der Waals surface area contributed by atoms with Crippen molar-refractivity contribution in [3.8, 4) is 12.1 Å². The van der Waals surface area contributed by atoms with Gasteiger partial charge in [-0.15, -0.1) is 0 Å². The maximum absolute atomic E-state index is 12.5. The quantitative estimate of drug-likeness (QED) is 0.781. The maximum Gasteiger partial charge on any atom is 0.243 e. The van der Waals surface area contributed by atoms with Gasteiger partial charge in [0.05, 0.1) is 17.0 Å². The minimum Gasteiger partial charge on any atom is -0.398 e. The topological polar surface area (TPSA) is 111 Å². The van der Waals surface area contributed by atoms with Crippen LogP contribution in [0.4, 0.5) is 5.69 Å². The number of hydrogen-bond acceptors (Lipinski definition) is 5. The van der Waals surface area contributed by atoms with Crippen molar-refractivity contribution >= 4 is 31.6 Å². The van der Waals surface area contributed by atoms with Gasteiger partial charge in [-0.3, -0.25) is 0 Å². The summed E-state index contributed by atoms with van der Waals surface area (Å²) in [6.07, 6.45) is 0.140. The molecule has 0 aliphatic heterocycles. The number of nitrogens with two attached hydrogens (primary N) is 1. The molecule has 0 radical (unpaired) electrons. The Labute approximate surface area is 126 Å². The van der Waals surface area contributed by atoms with Crippen molar-refractivity contribution in [2.45, 2.75) is 17.7 Å². The van der Waals surface area contributed by atoms with Crippen LogP contribution < -0.4 is 5.73 Å². The van der Waals surface area contributed by atoms with Crippen LogP contribution in [0.2, 0.25) is 0 Å². The van der Waals surface area contributed by atoms with Gasteiger partial charge in [0.15, 0.2) is 0 Å². The van der Waals surface area contributed by atoms with Crippen molar-refractivity contribution in [3.63, 3.8) is 0 Å². The van der Waals surface area contributed by atoms with Gasteiger partial charge in [-0.25, -0.2) is 8.42 Å². The predicted octanol–water partition coefficient (Wildman–Crippen LogP) is 1.85. The molecule has 0 aliphatic carbocycles. The first-order valence-corrected chi connectivity index (χ1v) is 7.96. The average molecular weight is 357 g/mol. The first-order chi connectivity index (χ1) is 9.43. The number of sulfonamides is 1. The molecule has 6 nitrogen and oxygen atoms in total. The summed E-state index contributed by atoms with van der Waals surface area (Å²) in [4.78, 5) is 0.0782. The van der Waals surface area contributed by atoms with Gasteiger partial charge in [0.1, 0.15) is 0 Å². The molecule has 106 valence electrons. The van der Waals surface area contributed by atoms with Crippen LogP contribution in [-0.4, -0.2) is 25.8 Å². The lowest BCUT2D eigenvalue weighted by Gasteiger charge is -2.20. The molecule has 0 unspecified atom stereocenters. The molecule has 0 saturated carbocycles. The van der Waals surface area contributed by atoms with Gasteiger partial charge >= 0.3 is 0 Å². The van der Waals surface area contributed by atoms with Crippen molar-refractivity contribution in [1.82, 2.24) is 4.31 Å². The van der Waals surface area contributed by atoms with Crippen molar-refractivity contribution in [3.05, 3.63) is 22.7 Å². The second-order valence-electron chi connectivity index (χ2n) is 3.90. The molecule has 1 rings (SSSR count). The third-order valence-electron chi connectivity index (χ3n) is 2.56. The monoisotopic (exact) mass is 356 g/mol. The number of nitrogen functional groups attached to an aromatic ring is 1. The number of rotatable bonds is 6. The van der Waals surface area contributed by atoms with E-state index in [0.717, 1.165) is 4.31 Å². The summed E-state index contributed by atoms with van der Waals surface area (Å²) in [5, 5.41) is 17.2. The largest absolute Gasteiger partial charge is 0.398 e. The highest BCUT2D eigenvalue weighted by Crippen LogP contribution is 2.25. The lowest BCUT2D eigenvalue weighted by Crippen LogP contribution is -2.32. The van der Waals surface area contributed by atoms with Crippen LogP contribution in [0.3, 0.4) is 0 Å². The zero-order valence-electron chi connectivity index (χ0n) is 10.6. The van der Waals surface area contributed by atoms with Crippen LogP contribution in [0.1, 0.15) is 12.8 Å². The van der Waals surface area contributed by atoms with Crippen LogP contribution in [0.25, 0.3) is 0 Å². The standard InChI is InChI=1S/C12H13BrN4O2S/c13-11-9-10(3-4-12(11)16)20(18,19)17(7-1-5-14)8-2-6-15/h3-4,9H,1-2,7-8,16H2. The number of halogens is 1. The van der Waals surface area contributed by atoms with E-state index in [1.54, 1.807) is 0 Å². The van der Waals surface area contributed by atoms with Crippen molar-refractivity contribution in [2.75, 3.05) is 18.8 Å². The highest BCUT2D eigenvalue weighted by Gasteiger charge is 2.24. The Morgan fingerprint density at radius 2 is 1.75 bits per heavy atom. The van der Waals surface area contributed by atoms with Crippen molar-refractivity contribution < 1.29 is 8.42 Å². The first kappa shape index (κ1) is 16.4. The molecule has 0 aromatic heterocycles. The molecular formula is C12H13BrN4O2S. The molecule has 0 fully saturated rings. The zero-order chi connectivity index (χ0) is 15.2. The van der Waals surface area contributed by atoms with Crippen LogP contribution in [0.15, 0.2) is 27.6 Å². The second kappa shape index (κ2) is 7.25. The second-order valence-corrected chi connectivity index (χ2v) is 6.70. The summed E-state index contributed by atoms with van der Waals surface area (Å²) in [6, 6.07) is 8.11. The molecular weight excluding hydrogens is 344 g/mol. The summed E-state index contributed by atoms with van der Waals surface area (Å²) < 4.78 is 26.5. The first-order valence-electron chi connectivity index (χ1n) is 5.72. The van der Waals surface area contributed by atoms with E-state index in [1.165, 1.54) is 18.2 Å². The van der Waals surface area contributed by atoms with Crippen LogP contribution in [0, 0.1) is 22.7 Å². The van der Waals surface area contributed by atoms with E-state index in [4.69, 9.17) is 16.3 Å². The fraction of sp³-hybridized carbons (Fsp3) is 0.333. The van der Waals surface area contributed by atoms with E-state index in [0.29, 0.717) is 10.2 Å².